The lowest BCUT2D eigenvalue weighted by Crippen LogP contribution is -2.30. The lowest BCUT2D eigenvalue weighted by molar-refractivity contribution is 0.159. The second-order valence-electron chi connectivity index (χ2n) is 10.4. The largest absolute Gasteiger partial charge is 0.396 e. The summed E-state index contributed by atoms with van der Waals surface area (Å²) in [6.07, 6.45) is 6.72. The van der Waals surface area contributed by atoms with E-state index >= 15 is 0 Å². The molecule has 1 unspecified atom stereocenters. The molecule has 37 heavy (non-hydrogen) atoms. The molecule has 6 rings (SSSR count). The van der Waals surface area contributed by atoms with E-state index in [1.807, 2.05) is 25.3 Å². The van der Waals surface area contributed by atoms with Gasteiger partial charge in [0.1, 0.15) is 17.3 Å². The molecule has 1 saturated carbocycles. The first-order chi connectivity index (χ1) is 18.0. The average Bonchev–Trinajstić information content (AvgIpc) is 3.31. The first kappa shape index (κ1) is 24.4. The van der Waals surface area contributed by atoms with E-state index < -0.39 is 11.6 Å². The lowest BCUT2D eigenvalue weighted by Gasteiger charge is -2.24. The average molecular weight is 525 g/mol. The van der Waals surface area contributed by atoms with Gasteiger partial charge in [0.2, 0.25) is 5.13 Å². The normalized spacial score (nSPS) is 22.4. The minimum absolute atomic E-state index is 0.308. The molecule has 0 N–H and O–H groups in total. The maximum atomic E-state index is 13.8. The van der Waals surface area contributed by atoms with Crippen molar-refractivity contribution >= 4 is 22.2 Å². The van der Waals surface area contributed by atoms with Crippen molar-refractivity contribution in [1.29, 1.82) is 0 Å². The number of halogens is 2. The molecule has 4 heterocycles. The van der Waals surface area contributed by atoms with Gasteiger partial charge in [0.25, 0.3) is 0 Å². The highest BCUT2D eigenvalue weighted by Gasteiger charge is 2.44. The summed E-state index contributed by atoms with van der Waals surface area (Å²) in [5, 5.41) is 15.3. The van der Waals surface area contributed by atoms with E-state index in [1.54, 1.807) is 11.3 Å². The molecule has 3 aliphatic rings. The highest BCUT2D eigenvalue weighted by atomic mass is 32.1. The Balaban J connectivity index is 1.10. The molecule has 1 aromatic carbocycles. The van der Waals surface area contributed by atoms with Crippen LogP contribution in [0.4, 0.5) is 13.9 Å². The van der Waals surface area contributed by atoms with Gasteiger partial charge in [-0.25, -0.2) is 8.78 Å². The summed E-state index contributed by atoms with van der Waals surface area (Å²) in [6.45, 7) is 7.22. The fourth-order valence-corrected chi connectivity index (χ4v) is 6.42. The Hall–Kier alpha value is -2.98. The highest BCUT2D eigenvalue weighted by molar-refractivity contribution is 7.15. The summed E-state index contributed by atoms with van der Waals surface area (Å²) in [7, 11) is 0. The molecule has 7 nitrogen and oxygen atoms in total. The molecule has 2 saturated heterocycles. The van der Waals surface area contributed by atoms with Crippen LogP contribution in [0.15, 0.2) is 41.7 Å². The molecular formula is C27H30F2N6OS. The number of benzene rings is 1. The number of hydrogen-bond acceptors (Lipinski definition) is 8. The fourth-order valence-electron chi connectivity index (χ4n) is 5.38. The van der Waals surface area contributed by atoms with Gasteiger partial charge in [0.05, 0.1) is 5.69 Å². The molecular weight excluding hydrogens is 494 g/mol. The summed E-state index contributed by atoms with van der Waals surface area (Å²) in [6, 6.07) is 7.58. The highest BCUT2D eigenvalue weighted by Crippen LogP contribution is 2.45. The third-order valence-electron chi connectivity index (χ3n) is 7.53. The fraction of sp³-hybridized carbons (Fsp3) is 0.481. The van der Waals surface area contributed by atoms with Gasteiger partial charge < -0.3 is 9.74 Å². The Morgan fingerprint density at radius 2 is 1.97 bits per heavy atom. The van der Waals surface area contributed by atoms with Crippen molar-refractivity contribution in [3.63, 3.8) is 0 Å². The maximum Gasteiger partial charge on any atom is 0.208 e. The van der Waals surface area contributed by atoms with Gasteiger partial charge in [0, 0.05) is 49.3 Å². The van der Waals surface area contributed by atoms with Crippen molar-refractivity contribution in [2.24, 2.45) is 10.6 Å². The van der Waals surface area contributed by atoms with E-state index in [4.69, 9.17) is 4.84 Å². The molecule has 3 fully saturated rings. The van der Waals surface area contributed by atoms with Gasteiger partial charge >= 0.3 is 0 Å². The molecule has 2 aliphatic heterocycles. The number of rotatable bonds is 8. The van der Waals surface area contributed by atoms with Crippen molar-refractivity contribution in [1.82, 2.24) is 20.1 Å². The number of pyridine rings is 1. The van der Waals surface area contributed by atoms with Crippen LogP contribution < -0.4 is 4.90 Å². The summed E-state index contributed by atoms with van der Waals surface area (Å²) >= 11 is 1.78. The quantitative estimate of drug-likeness (QED) is 0.306. The van der Waals surface area contributed by atoms with E-state index in [-0.39, 0.29) is 0 Å². The van der Waals surface area contributed by atoms with Crippen LogP contribution in [-0.2, 0) is 11.4 Å². The van der Waals surface area contributed by atoms with Crippen LogP contribution in [0.25, 0.3) is 0 Å². The number of aromatic nitrogens is 3. The predicted octanol–water partition coefficient (Wildman–Crippen LogP) is 4.98. The van der Waals surface area contributed by atoms with Gasteiger partial charge in [0.15, 0.2) is 11.6 Å². The van der Waals surface area contributed by atoms with Gasteiger partial charge in [-0.1, -0.05) is 22.6 Å². The van der Waals surface area contributed by atoms with Crippen molar-refractivity contribution in [2.75, 3.05) is 37.7 Å². The van der Waals surface area contributed by atoms with Crippen LogP contribution in [0.5, 0.6) is 0 Å². The molecule has 3 aromatic rings. The molecule has 0 bridgehead atoms. The standard InChI is InChI=1S/C27H30F2N6OS/c1-2-36-33-24(20-6-7-21(28)22(29)13-20)23-8-3-18(14-30-23)15-34-11-9-27(16-34)10-12-35(17-27)26-32-31-25(37-26)19-4-5-19/h3,6-8,13-14,19H,2,4-5,9-12,15-17H2,1H3. The van der Waals surface area contributed by atoms with E-state index in [2.05, 4.69) is 30.1 Å². The molecule has 0 amide bonds. The zero-order valence-corrected chi connectivity index (χ0v) is 21.7. The monoisotopic (exact) mass is 524 g/mol. The van der Waals surface area contributed by atoms with Gasteiger partial charge in [-0.15, -0.1) is 10.2 Å². The lowest BCUT2D eigenvalue weighted by atomic mass is 9.86. The van der Waals surface area contributed by atoms with E-state index in [0.717, 1.165) is 55.6 Å². The Kier molecular flexibility index (Phi) is 6.62. The van der Waals surface area contributed by atoms with Crippen LogP contribution in [-0.4, -0.2) is 58.6 Å². The van der Waals surface area contributed by atoms with Crippen LogP contribution in [0.1, 0.15) is 60.4 Å². The predicted molar refractivity (Wildman–Crippen MR) is 139 cm³/mol. The van der Waals surface area contributed by atoms with Crippen LogP contribution in [0, 0.1) is 17.0 Å². The Morgan fingerprint density at radius 3 is 2.73 bits per heavy atom. The zero-order chi connectivity index (χ0) is 25.4. The zero-order valence-electron chi connectivity index (χ0n) is 20.9. The number of anilines is 1. The second kappa shape index (κ2) is 10.1. The topological polar surface area (TPSA) is 66.7 Å². The molecule has 1 aliphatic carbocycles. The van der Waals surface area contributed by atoms with E-state index in [0.29, 0.717) is 34.9 Å². The van der Waals surface area contributed by atoms with Gasteiger partial charge in [-0.3, -0.25) is 9.88 Å². The number of hydrogen-bond donors (Lipinski definition) is 0. The number of oxime groups is 1. The third kappa shape index (κ3) is 5.22. The minimum Gasteiger partial charge on any atom is -0.396 e. The first-order valence-corrected chi connectivity index (χ1v) is 13.7. The summed E-state index contributed by atoms with van der Waals surface area (Å²) in [4.78, 5) is 14.8. The Morgan fingerprint density at radius 1 is 1.11 bits per heavy atom. The second-order valence-corrected chi connectivity index (χ2v) is 11.4. The molecule has 10 heteroatoms. The molecule has 0 radical (unpaired) electrons. The Labute approximate surface area is 219 Å². The smallest absolute Gasteiger partial charge is 0.208 e. The number of nitrogens with zero attached hydrogens (tertiary/aromatic N) is 6. The molecule has 1 spiro atoms. The van der Waals surface area contributed by atoms with Crippen molar-refractivity contribution in [3.8, 4) is 0 Å². The molecule has 1 atom stereocenters. The van der Waals surface area contributed by atoms with Crippen molar-refractivity contribution < 1.29 is 13.6 Å². The van der Waals surface area contributed by atoms with Gasteiger partial charge in [-0.05, 0) is 69.0 Å². The first-order valence-electron chi connectivity index (χ1n) is 12.9. The third-order valence-corrected chi connectivity index (χ3v) is 8.68. The van der Waals surface area contributed by atoms with Crippen LogP contribution in [0.2, 0.25) is 0 Å². The van der Waals surface area contributed by atoms with Crippen molar-refractivity contribution in [3.05, 3.63) is 70.0 Å². The summed E-state index contributed by atoms with van der Waals surface area (Å²) in [5.41, 5.74) is 2.76. The SMILES string of the molecule is CCON=C(c1ccc(F)c(F)c1)c1ccc(CN2CCC3(CCN(c4nnc(C5CC5)s4)C3)C2)cn1. The van der Waals surface area contributed by atoms with E-state index in [1.165, 1.54) is 36.8 Å². The summed E-state index contributed by atoms with van der Waals surface area (Å²) < 4.78 is 27.3. The van der Waals surface area contributed by atoms with Crippen LogP contribution in [0.3, 0.4) is 0 Å². The summed E-state index contributed by atoms with van der Waals surface area (Å²) in [5.74, 6) is -1.17. The molecule has 2 aromatic heterocycles. The molecule has 194 valence electrons. The minimum atomic E-state index is -0.929. The Bertz CT molecular complexity index is 1290. The van der Waals surface area contributed by atoms with Gasteiger partial charge in [-0.2, -0.15) is 0 Å². The van der Waals surface area contributed by atoms with Crippen LogP contribution >= 0.6 is 11.3 Å². The van der Waals surface area contributed by atoms with Crippen molar-refractivity contribution in [2.45, 2.75) is 45.1 Å². The maximum absolute atomic E-state index is 13.8. The van der Waals surface area contributed by atoms with E-state index in [9.17, 15) is 8.78 Å². The number of likely N-dealkylation sites (tertiary alicyclic amines) is 1.